The van der Waals surface area contributed by atoms with Gasteiger partial charge in [-0.15, -0.1) is 16.5 Å². The van der Waals surface area contributed by atoms with Crippen molar-refractivity contribution in [1.29, 1.82) is 4.78 Å². The molecular formula is C30H30F2N5O3S2+. The third kappa shape index (κ3) is 5.84. The lowest BCUT2D eigenvalue weighted by Crippen LogP contribution is -2.21. The predicted molar refractivity (Wildman–Crippen MR) is 159 cm³/mol. The Morgan fingerprint density at radius 2 is 1.98 bits per heavy atom. The highest BCUT2D eigenvalue weighted by molar-refractivity contribution is 7.96. The van der Waals surface area contributed by atoms with Crippen molar-refractivity contribution in [3.63, 3.8) is 0 Å². The van der Waals surface area contributed by atoms with Crippen LogP contribution in [-0.4, -0.2) is 30.4 Å². The van der Waals surface area contributed by atoms with Gasteiger partial charge in [-0.1, -0.05) is 16.9 Å². The maximum atomic E-state index is 15.1. The number of nitrogens with zero attached hydrogens (tertiary/aromatic N) is 3. The van der Waals surface area contributed by atoms with Gasteiger partial charge in [-0.25, -0.2) is 23.2 Å². The van der Waals surface area contributed by atoms with Crippen molar-refractivity contribution in [2.75, 3.05) is 0 Å². The molecule has 218 valence electrons. The second kappa shape index (κ2) is 11.3. The van der Waals surface area contributed by atoms with Crippen LogP contribution in [0.3, 0.4) is 0 Å². The zero-order chi connectivity index (χ0) is 29.6. The summed E-state index contributed by atoms with van der Waals surface area (Å²) in [6, 6.07) is 9.19. The number of benzene rings is 2. The van der Waals surface area contributed by atoms with Crippen molar-refractivity contribution in [1.82, 2.24) is 14.8 Å². The molecule has 2 aromatic heterocycles. The number of hydrogen-bond donors (Lipinski definition) is 4. The van der Waals surface area contributed by atoms with Crippen LogP contribution in [-0.2, 0) is 23.1 Å². The number of hydrogen-bond acceptors (Lipinski definition) is 5. The first-order valence-electron chi connectivity index (χ1n) is 13.7. The number of carboxylic acid groups (broad SMARTS) is 1. The van der Waals surface area contributed by atoms with Crippen molar-refractivity contribution < 1.29 is 23.2 Å². The highest BCUT2D eigenvalue weighted by atomic mass is 32.3. The summed E-state index contributed by atoms with van der Waals surface area (Å²) in [6.07, 6.45) is 8.90. The number of carboxylic acids is 1. The number of aromatic carboxylic acids is 1. The number of halogens is 2. The molecule has 0 bridgehead atoms. The largest absolute Gasteiger partial charge is 0.476 e. The highest BCUT2D eigenvalue weighted by Crippen LogP contribution is 2.39. The molecule has 1 unspecified atom stereocenters. The molecule has 0 spiro atoms. The lowest BCUT2D eigenvalue weighted by molar-refractivity contribution is 0.0691. The molecule has 0 radical (unpaired) electrons. The Kier molecular flexibility index (Phi) is 7.64. The number of aromatic nitrogens is 3. The van der Waals surface area contributed by atoms with Crippen LogP contribution in [0.1, 0.15) is 71.4 Å². The van der Waals surface area contributed by atoms with Crippen molar-refractivity contribution in [2.24, 2.45) is 11.1 Å². The quantitative estimate of drug-likeness (QED) is 0.149. The van der Waals surface area contributed by atoms with Gasteiger partial charge in [0.25, 0.3) is 0 Å². The highest BCUT2D eigenvalue weighted by Gasteiger charge is 2.30. The average molecular weight is 611 g/mol. The first kappa shape index (κ1) is 28.5. The fourth-order valence-corrected chi connectivity index (χ4v) is 6.84. The van der Waals surface area contributed by atoms with E-state index in [-0.39, 0.29) is 22.8 Å². The summed E-state index contributed by atoms with van der Waals surface area (Å²) in [4.78, 5) is 15.7. The molecule has 1 fully saturated rings. The smallest absolute Gasteiger partial charge is 0.355 e. The molecule has 0 aliphatic heterocycles. The van der Waals surface area contributed by atoms with E-state index < -0.39 is 22.1 Å². The molecule has 4 aromatic rings. The minimum absolute atomic E-state index is 0.0795. The molecule has 1 saturated carbocycles. The number of carbonyl (C=O) groups is 1. The number of thiazole rings is 1. The Morgan fingerprint density at radius 1 is 1.17 bits per heavy atom. The lowest BCUT2D eigenvalue weighted by Gasteiger charge is -2.15. The minimum atomic E-state index is -3.48. The second-order valence-corrected chi connectivity index (χ2v) is 13.4. The van der Waals surface area contributed by atoms with Gasteiger partial charge in [0.05, 0.1) is 11.4 Å². The molecule has 0 saturated heterocycles. The van der Waals surface area contributed by atoms with E-state index in [2.05, 4.69) is 11.1 Å². The monoisotopic (exact) mass is 610 g/mol. The molecule has 0 amide bonds. The van der Waals surface area contributed by atoms with Gasteiger partial charge in [-0.05, 0) is 92.3 Å². The molecule has 2 aliphatic rings. The summed E-state index contributed by atoms with van der Waals surface area (Å²) in [5, 5.41) is 21.8. The minimum Gasteiger partial charge on any atom is -0.476 e. The van der Waals surface area contributed by atoms with Crippen molar-refractivity contribution in [3.8, 4) is 16.4 Å². The Bertz CT molecular complexity index is 1770. The van der Waals surface area contributed by atoms with Crippen LogP contribution >= 0.6 is 11.3 Å². The van der Waals surface area contributed by atoms with Crippen LogP contribution in [0.4, 0.5) is 8.78 Å². The van der Waals surface area contributed by atoms with Gasteiger partial charge in [0.1, 0.15) is 5.82 Å². The predicted octanol–water partition coefficient (Wildman–Crippen LogP) is 7.09. The van der Waals surface area contributed by atoms with Crippen LogP contribution < -0.4 is 5.14 Å². The summed E-state index contributed by atoms with van der Waals surface area (Å²) in [5.74, 6) is -1.77. The lowest BCUT2D eigenvalue weighted by atomic mass is 9.91. The van der Waals surface area contributed by atoms with E-state index in [4.69, 9.17) is 15.0 Å². The van der Waals surface area contributed by atoms with Crippen LogP contribution in [0.15, 0.2) is 52.7 Å². The molecule has 2 aromatic carbocycles. The molecular weight excluding hydrogens is 580 g/mol. The SMILES string of the molecule is N=[S+](N)(O)c1ccc(Cc2c(-c3ccc(F)c(C4=CCCCC4)c3)nn(-c3nc(C(=O)O)cs3)c2CC2CC2)cc1F. The van der Waals surface area contributed by atoms with E-state index in [0.717, 1.165) is 55.4 Å². The molecule has 2 aliphatic carbocycles. The van der Waals surface area contributed by atoms with Crippen LogP contribution in [0.5, 0.6) is 0 Å². The van der Waals surface area contributed by atoms with Crippen LogP contribution in [0, 0.1) is 22.3 Å². The van der Waals surface area contributed by atoms with E-state index in [9.17, 15) is 18.8 Å². The van der Waals surface area contributed by atoms with Gasteiger partial charge in [0.15, 0.2) is 21.8 Å². The van der Waals surface area contributed by atoms with Crippen molar-refractivity contribution >= 4 is 33.2 Å². The zero-order valence-electron chi connectivity index (χ0n) is 22.6. The zero-order valence-corrected chi connectivity index (χ0v) is 24.3. The van der Waals surface area contributed by atoms with Gasteiger partial charge in [0.2, 0.25) is 10.0 Å². The first-order valence-corrected chi connectivity index (χ1v) is 16.3. The normalized spacial score (nSPS) is 16.7. The first-order chi connectivity index (χ1) is 20.1. The summed E-state index contributed by atoms with van der Waals surface area (Å²) < 4.78 is 49.4. The van der Waals surface area contributed by atoms with Crippen LogP contribution in [0.2, 0.25) is 0 Å². The number of allylic oxidation sites excluding steroid dienone is 2. The molecule has 6 rings (SSSR count). The van der Waals surface area contributed by atoms with Gasteiger partial charge in [0, 0.05) is 28.5 Å². The Labute approximate surface area is 246 Å². The average Bonchev–Trinajstić information content (AvgIpc) is 3.51. The topological polar surface area (TPSA) is 138 Å². The summed E-state index contributed by atoms with van der Waals surface area (Å²) in [5.41, 5.74) is 4.93. The van der Waals surface area contributed by atoms with Gasteiger partial charge in [-0.2, -0.15) is 9.65 Å². The molecule has 2 heterocycles. The maximum absolute atomic E-state index is 15.1. The van der Waals surface area contributed by atoms with Gasteiger partial charge < -0.3 is 5.11 Å². The number of nitrogens with one attached hydrogen (secondary N) is 1. The fourth-order valence-electron chi connectivity index (χ4n) is 5.44. The van der Waals surface area contributed by atoms with E-state index >= 15 is 4.39 Å². The van der Waals surface area contributed by atoms with E-state index in [0.29, 0.717) is 39.9 Å². The third-order valence-electron chi connectivity index (χ3n) is 7.75. The Morgan fingerprint density at radius 3 is 2.62 bits per heavy atom. The second-order valence-electron chi connectivity index (χ2n) is 10.9. The molecule has 1 atom stereocenters. The standard InChI is InChI=1S/C30H29F2N5O3S2/c31-23-10-9-20(15-21(23)19-4-2-1-3-5-19)28-22(12-18-8-11-27(24(32)13-18)42(33,34)40)26(14-17-6-7-17)37(36-28)30-35-25(16-41-30)29(38)39/h4,8-11,13,15-17H,1-3,5-7,12,14H2,(H4-,33,34,38,39,40)/p+1. The van der Waals surface area contributed by atoms with Crippen molar-refractivity contribution in [2.45, 2.75) is 56.3 Å². The molecule has 12 heteroatoms. The van der Waals surface area contributed by atoms with E-state index in [1.54, 1.807) is 16.8 Å². The third-order valence-corrected chi connectivity index (χ3v) is 9.57. The van der Waals surface area contributed by atoms with Crippen LogP contribution in [0.25, 0.3) is 22.0 Å². The van der Waals surface area contributed by atoms with E-state index in [1.165, 1.54) is 34.9 Å². The van der Waals surface area contributed by atoms with Gasteiger partial charge >= 0.3 is 5.97 Å². The number of nitrogens with two attached hydrogens (primary N) is 1. The Hall–Kier alpha value is -3.58. The summed E-state index contributed by atoms with van der Waals surface area (Å²) >= 11 is 1.17. The Balaban J connectivity index is 1.52. The van der Waals surface area contributed by atoms with Crippen molar-refractivity contribution in [3.05, 3.63) is 87.6 Å². The van der Waals surface area contributed by atoms with Gasteiger partial charge in [-0.3, -0.25) is 0 Å². The molecule has 8 nitrogen and oxygen atoms in total. The maximum Gasteiger partial charge on any atom is 0.355 e. The number of rotatable bonds is 9. The summed E-state index contributed by atoms with van der Waals surface area (Å²) in [6.45, 7) is 0. The molecule has 5 N–H and O–H groups in total. The summed E-state index contributed by atoms with van der Waals surface area (Å²) in [7, 11) is -3.48. The van der Waals surface area contributed by atoms with E-state index in [1.807, 2.05) is 6.07 Å². The fraction of sp³-hybridized carbons (Fsp3) is 0.300. The molecule has 42 heavy (non-hydrogen) atoms.